The van der Waals surface area contributed by atoms with E-state index in [1.807, 2.05) is 63.9 Å². The van der Waals surface area contributed by atoms with Gasteiger partial charge in [-0.15, -0.1) is 0 Å². The molecule has 0 amide bonds. The molecule has 2 aromatic carbocycles. The number of carbonyl (C=O) groups excluding carboxylic acids is 3. The second kappa shape index (κ2) is 15.9. The summed E-state index contributed by atoms with van der Waals surface area (Å²) in [5, 5.41) is 26.7. The molecule has 3 aromatic rings. The van der Waals surface area contributed by atoms with E-state index in [1.165, 1.54) is 14.2 Å². The van der Waals surface area contributed by atoms with E-state index in [0.29, 0.717) is 89.0 Å². The number of fused-ring (bicyclic) bond motifs is 6. The van der Waals surface area contributed by atoms with Gasteiger partial charge in [-0.3, -0.25) is 19.4 Å². The van der Waals surface area contributed by atoms with Crippen LogP contribution in [0.15, 0.2) is 48.6 Å². The van der Waals surface area contributed by atoms with E-state index in [1.54, 1.807) is 7.11 Å². The van der Waals surface area contributed by atoms with Crippen molar-refractivity contribution in [3.05, 3.63) is 70.9 Å². The predicted molar refractivity (Wildman–Crippen MR) is 242 cm³/mol. The summed E-state index contributed by atoms with van der Waals surface area (Å²) in [6.45, 7) is 11.2. The minimum absolute atomic E-state index is 0.103. The Labute approximate surface area is 376 Å². The van der Waals surface area contributed by atoms with Crippen molar-refractivity contribution < 1.29 is 43.5 Å². The van der Waals surface area contributed by atoms with Crippen molar-refractivity contribution >= 4 is 34.5 Å². The molecule has 1 spiro atoms. The number of aromatic amines is 1. The van der Waals surface area contributed by atoms with Crippen LogP contribution in [0.5, 0.6) is 5.75 Å². The number of hydrogen-bond acceptors (Lipinski definition) is 13. The summed E-state index contributed by atoms with van der Waals surface area (Å²) in [4.78, 5) is 54.7. The summed E-state index contributed by atoms with van der Waals surface area (Å²) in [6.07, 6.45) is 6.10. The van der Waals surface area contributed by atoms with Crippen LogP contribution >= 0.6 is 0 Å². The summed E-state index contributed by atoms with van der Waals surface area (Å²) in [7, 11) is 6.15. The summed E-state index contributed by atoms with van der Waals surface area (Å²) >= 11 is 0. The van der Waals surface area contributed by atoms with Gasteiger partial charge in [0.05, 0.1) is 33.0 Å². The van der Waals surface area contributed by atoms with Gasteiger partial charge in [0.1, 0.15) is 17.2 Å². The Morgan fingerprint density at radius 2 is 1.72 bits per heavy atom. The maximum Gasteiger partial charge on any atom is 0.344 e. The summed E-state index contributed by atoms with van der Waals surface area (Å²) < 4.78 is 24.4. The molecule has 2 bridgehead atoms. The number of nitrogens with zero attached hydrogens (tertiary/aromatic N) is 3. The Hall–Kier alpha value is -4.47. The molecule has 2 saturated heterocycles. The van der Waals surface area contributed by atoms with Gasteiger partial charge in [0, 0.05) is 84.0 Å². The molecule has 64 heavy (non-hydrogen) atoms. The van der Waals surface area contributed by atoms with Crippen molar-refractivity contribution in [3.8, 4) is 5.75 Å². The number of likely N-dealkylation sites (N-methyl/N-ethyl adjacent to an activating group) is 1. The van der Waals surface area contributed by atoms with Crippen LogP contribution in [-0.4, -0.2) is 139 Å². The minimum atomic E-state index is -2.38. The SMILES string of the molecule is CC[C@]1(O)C[C@@H]2CN(CCc3c([nH]c4ccccc34)[C@@](C(=O)OC)(c3cc4c(cc3OC)N(C)C3C45CCN4CC=C[C@](CC)(C45)[C@@H](OC(=O)[C@@H](N)CC(C)C)[C@]3(O)C(=O)OC)C2)C1. The zero-order valence-corrected chi connectivity index (χ0v) is 38.7. The van der Waals surface area contributed by atoms with E-state index in [2.05, 4.69) is 39.1 Å². The first-order valence-corrected chi connectivity index (χ1v) is 23.3. The quantitative estimate of drug-likeness (QED) is 0.129. The van der Waals surface area contributed by atoms with Gasteiger partial charge < -0.3 is 44.8 Å². The molecule has 5 N–H and O–H groups in total. The number of nitrogens with two attached hydrogens (primary N) is 1. The third kappa shape index (κ3) is 6.11. The maximum absolute atomic E-state index is 15.4. The van der Waals surface area contributed by atoms with E-state index >= 15 is 4.79 Å². The van der Waals surface area contributed by atoms with E-state index in [9.17, 15) is 19.8 Å². The van der Waals surface area contributed by atoms with Crippen molar-refractivity contribution in [1.82, 2.24) is 14.8 Å². The number of aliphatic hydroxyl groups is 2. The number of nitrogens with one attached hydrogen (secondary N) is 1. The molecule has 346 valence electrons. The minimum Gasteiger partial charge on any atom is -0.496 e. The molecule has 14 nitrogen and oxygen atoms in total. The summed E-state index contributed by atoms with van der Waals surface area (Å²) in [5.74, 6) is -1.61. The Morgan fingerprint density at radius 3 is 2.41 bits per heavy atom. The highest BCUT2D eigenvalue weighted by atomic mass is 16.6. The third-order valence-corrected chi connectivity index (χ3v) is 16.6. The van der Waals surface area contributed by atoms with Crippen LogP contribution in [0.3, 0.4) is 0 Å². The topological polar surface area (TPSA) is 180 Å². The predicted octanol–water partition coefficient (Wildman–Crippen LogP) is 4.34. The van der Waals surface area contributed by atoms with Gasteiger partial charge in [0.25, 0.3) is 0 Å². The molecule has 3 fully saturated rings. The zero-order valence-electron chi connectivity index (χ0n) is 38.7. The van der Waals surface area contributed by atoms with Gasteiger partial charge in [-0.05, 0) is 86.6 Å². The fourth-order valence-corrected chi connectivity index (χ4v) is 14.1. The first kappa shape index (κ1) is 44.7. The molecule has 0 radical (unpaired) electrons. The van der Waals surface area contributed by atoms with Crippen LogP contribution in [-0.2, 0) is 45.8 Å². The van der Waals surface area contributed by atoms with Gasteiger partial charge in [-0.25, -0.2) is 4.79 Å². The number of ether oxygens (including phenoxy) is 4. The molecular formula is C50H67N5O9. The molecule has 1 aromatic heterocycles. The first-order valence-electron chi connectivity index (χ1n) is 23.3. The van der Waals surface area contributed by atoms with E-state index in [-0.39, 0.29) is 17.9 Å². The Bertz CT molecular complexity index is 2380. The highest BCUT2D eigenvalue weighted by Gasteiger charge is 2.80. The van der Waals surface area contributed by atoms with Crippen LogP contribution in [0.1, 0.15) is 88.6 Å². The number of benzene rings is 2. The van der Waals surface area contributed by atoms with Crippen molar-refractivity contribution in [2.75, 3.05) is 66.0 Å². The second-order valence-electron chi connectivity index (χ2n) is 20.3. The summed E-state index contributed by atoms with van der Waals surface area (Å²) in [6, 6.07) is 9.87. The number of para-hydroxylation sites is 1. The average molecular weight is 882 g/mol. The van der Waals surface area contributed by atoms with E-state index in [0.717, 1.165) is 33.4 Å². The molecule has 9 rings (SSSR count). The fraction of sp³-hybridized carbons (Fsp3) is 0.620. The monoisotopic (exact) mass is 881 g/mol. The molecule has 11 atom stereocenters. The molecule has 4 unspecified atom stereocenters. The van der Waals surface area contributed by atoms with Crippen molar-refractivity contribution in [2.24, 2.45) is 23.0 Å². The van der Waals surface area contributed by atoms with Gasteiger partial charge in [-0.1, -0.05) is 58.0 Å². The number of aromatic nitrogens is 1. The lowest BCUT2D eigenvalue weighted by molar-refractivity contribution is -0.230. The van der Waals surface area contributed by atoms with Crippen molar-refractivity contribution in [1.29, 1.82) is 0 Å². The van der Waals surface area contributed by atoms with E-state index in [4.69, 9.17) is 24.7 Å². The lowest BCUT2D eigenvalue weighted by atomic mass is 9.47. The number of methoxy groups -OCH3 is 3. The smallest absolute Gasteiger partial charge is 0.344 e. The number of piperidine rings is 1. The third-order valence-electron chi connectivity index (χ3n) is 16.6. The van der Waals surface area contributed by atoms with Crippen LogP contribution in [0.4, 0.5) is 5.69 Å². The highest BCUT2D eigenvalue weighted by molar-refractivity contribution is 5.95. The number of H-pyrrole nitrogens is 1. The first-order chi connectivity index (χ1) is 30.5. The van der Waals surface area contributed by atoms with Gasteiger partial charge in [-0.2, -0.15) is 0 Å². The maximum atomic E-state index is 15.4. The number of hydrogen-bond donors (Lipinski definition) is 4. The standard InChI is InChI=1S/C50H67N5O9/c1-9-46(59)25-30-26-49(44(57)62-7,39-32(16-20-54(27-30)28-46)31-14-11-12-15-36(31)52-39)34-23-33-37(24-38(34)61-6)53(5)42-48(33)18-21-55-19-13-17-47(10-2,41(48)55)43(50(42,60)45(58)63-8)64-40(56)35(51)22-29(3)4/h11-15,17,23-24,29-30,35,41-43,52,59-60H,9-10,16,18-22,25-28,51H2,1-8H3/t30-,35-,41?,42?,43+,46-,47+,48?,49-,50-/m0/s1. The highest BCUT2D eigenvalue weighted by Crippen LogP contribution is 2.68. The normalized spacial score (nSPS) is 35.6. The fourth-order valence-electron chi connectivity index (χ4n) is 14.1. The molecule has 14 heteroatoms. The average Bonchev–Trinajstić information content (AvgIpc) is 3.95. The number of carbonyl (C=O) groups is 3. The molecule has 1 aliphatic carbocycles. The molecule has 5 aliphatic heterocycles. The van der Waals surface area contributed by atoms with Gasteiger partial charge >= 0.3 is 17.9 Å². The molecular weight excluding hydrogens is 815 g/mol. The molecule has 1 saturated carbocycles. The van der Waals surface area contributed by atoms with Crippen LogP contribution in [0.2, 0.25) is 0 Å². The zero-order chi connectivity index (χ0) is 45.7. The lowest BCUT2D eigenvalue weighted by Crippen LogP contribution is -2.81. The lowest BCUT2D eigenvalue weighted by Gasteiger charge is -2.63. The Kier molecular flexibility index (Phi) is 11.1. The van der Waals surface area contributed by atoms with Crippen molar-refractivity contribution in [3.63, 3.8) is 0 Å². The van der Waals surface area contributed by atoms with Gasteiger partial charge in [0.15, 0.2) is 6.10 Å². The second-order valence-corrected chi connectivity index (χ2v) is 20.3. The van der Waals surface area contributed by atoms with Crippen LogP contribution < -0.4 is 15.4 Å². The van der Waals surface area contributed by atoms with Gasteiger partial charge in [0.2, 0.25) is 5.60 Å². The molecule has 6 heterocycles. The van der Waals surface area contributed by atoms with Crippen LogP contribution in [0, 0.1) is 17.3 Å². The number of rotatable bonds is 10. The Balaban J connectivity index is 1.33. The van der Waals surface area contributed by atoms with E-state index < -0.39 is 63.5 Å². The number of esters is 3. The largest absolute Gasteiger partial charge is 0.496 e. The van der Waals surface area contributed by atoms with Crippen LogP contribution in [0.25, 0.3) is 10.9 Å². The van der Waals surface area contributed by atoms with Crippen molar-refractivity contribution in [2.45, 2.75) is 119 Å². The summed E-state index contributed by atoms with van der Waals surface area (Å²) in [5.41, 5.74) is 4.53. The molecule has 6 aliphatic rings. The Morgan fingerprint density at radius 1 is 0.969 bits per heavy atom. The number of anilines is 1.